The first-order chi connectivity index (χ1) is 12.1. The number of carbonyl (C=O) groups excluding carboxylic acids is 1. The molecule has 1 amide bonds. The molecular formula is C18H16ClN5O. The predicted octanol–water partition coefficient (Wildman–Crippen LogP) is 2.55. The highest BCUT2D eigenvalue weighted by atomic mass is 35.5. The molecule has 3 heterocycles. The van der Waals surface area contributed by atoms with Crippen molar-refractivity contribution >= 4 is 23.3 Å². The van der Waals surface area contributed by atoms with Gasteiger partial charge in [0.2, 0.25) is 5.91 Å². The summed E-state index contributed by atoms with van der Waals surface area (Å²) in [5.41, 5.74) is 9.38. The van der Waals surface area contributed by atoms with Gasteiger partial charge >= 0.3 is 0 Å². The van der Waals surface area contributed by atoms with Crippen LogP contribution in [-0.4, -0.2) is 27.3 Å². The molecule has 1 fully saturated rings. The fourth-order valence-electron chi connectivity index (χ4n) is 3.34. The van der Waals surface area contributed by atoms with Crippen LogP contribution < -0.4 is 5.73 Å². The summed E-state index contributed by atoms with van der Waals surface area (Å²) in [6, 6.07) is 3.91. The Bertz CT molecular complexity index is 916. The number of rotatable bonds is 2. The van der Waals surface area contributed by atoms with E-state index in [4.69, 9.17) is 17.3 Å². The maximum atomic E-state index is 12.5. The topological polar surface area (TPSA) is 95.9 Å². The lowest BCUT2D eigenvalue weighted by atomic mass is 9.91. The van der Waals surface area contributed by atoms with Crippen LogP contribution in [0.5, 0.6) is 0 Å². The number of halogens is 1. The maximum Gasteiger partial charge on any atom is 0.225 e. The van der Waals surface area contributed by atoms with Crippen molar-refractivity contribution in [2.24, 2.45) is 5.92 Å². The summed E-state index contributed by atoms with van der Waals surface area (Å²) in [6.45, 7) is 1.06. The largest absolute Gasteiger partial charge is 0.383 e. The molecule has 2 aromatic rings. The molecule has 0 saturated heterocycles. The Morgan fingerprint density at radius 2 is 2.24 bits per heavy atom. The minimum absolute atomic E-state index is 0.159. The minimum atomic E-state index is 0.159. The summed E-state index contributed by atoms with van der Waals surface area (Å²) < 4.78 is 0. The lowest BCUT2D eigenvalue weighted by Gasteiger charge is -2.31. The Morgan fingerprint density at radius 3 is 2.92 bits per heavy atom. The molecule has 126 valence electrons. The molecule has 4 rings (SSSR count). The molecule has 1 aliphatic carbocycles. The van der Waals surface area contributed by atoms with Gasteiger partial charge < -0.3 is 10.6 Å². The van der Waals surface area contributed by atoms with Crippen LogP contribution in [0.15, 0.2) is 18.5 Å². The van der Waals surface area contributed by atoms with Gasteiger partial charge in [0.1, 0.15) is 17.5 Å². The SMILES string of the molecule is N#Cc1c(N)nc2c(c1-c1ccncc1Cl)CN(C(=O)C1CC1)CC2. The summed E-state index contributed by atoms with van der Waals surface area (Å²) >= 11 is 6.33. The number of hydrogen-bond acceptors (Lipinski definition) is 5. The molecule has 0 atom stereocenters. The Labute approximate surface area is 150 Å². The molecule has 0 aromatic carbocycles. The van der Waals surface area contributed by atoms with Gasteiger partial charge in [-0.05, 0) is 18.9 Å². The van der Waals surface area contributed by atoms with Crippen molar-refractivity contribution < 1.29 is 4.79 Å². The van der Waals surface area contributed by atoms with Gasteiger partial charge in [0.05, 0.1) is 10.7 Å². The van der Waals surface area contributed by atoms with Gasteiger partial charge in [0, 0.05) is 54.5 Å². The van der Waals surface area contributed by atoms with Crippen molar-refractivity contribution in [2.45, 2.75) is 25.8 Å². The standard InChI is InChI=1S/C18H16ClN5O/c19-14-8-22-5-3-11(14)16-12(7-20)17(21)23-15-4-6-24(9-13(15)16)18(25)10-1-2-10/h3,5,8,10H,1-2,4,6,9H2,(H2,21,23). The van der Waals surface area contributed by atoms with Crippen LogP contribution >= 0.6 is 11.6 Å². The van der Waals surface area contributed by atoms with Crippen LogP contribution in [0.4, 0.5) is 5.82 Å². The number of pyridine rings is 2. The van der Waals surface area contributed by atoms with Crippen molar-refractivity contribution in [3.8, 4) is 17.2 Å². The maximum absolute atomic E-state index is 12.5. The van der Waals surface area contributed by atoms with Gasteiger partial charge in [0.25, 0.3) is 0 Å². The van der Waals surface area contributed by atoms with Crippen LogP contribution in [0.1, 0.15) is 29.7 Å². The number of nitriles is 1. The molecule has 7 heteroatoms. The molecule has 2 N–H and O–H groups in total. The van der Waals surface area contributed by atoms with E-state index in [2.05, 4.69) is 16.0 Å². The monoisotopic (exact) mass is 353 g/mol. The summed E-state index contributed by atoms with van der Waals surface area (Å²) in [5, 5.41) is 10.1. The van der Waals surface area contributed by atoms with Crippen LogP contribution in [-0.2, 0) is 17.8 Å². The van der Waals surface area contributed by atoms with E-state index in [9.17, 15) is 10.1 Å². The number of amides is 1. The molecule has 0 bridgehead atoms. The van der Waals surface area contributed by atoms with E-state index in [1.807, 2.05) is 4.90 Å². The van der Waals surface area contributed by atoms with Gasteiger partial charge in [0.15, 0.2) is 0 Å². The van der Waals surface area contributed by atoms with E-state index in [0.717, 1.165) is 24.1 Å². The zero-order valence-corrected chi connectivity index (χ0v) is 14.3. The smallest absolute Gasteiger partial charge is 0.225 e. The first kappa shape index (κ1) is 15.9. The molecule has 6 nitrogen and oxygen atoms in total. The predicted molar refractivity (Wildman–Crippen MR) is 93.5 cm³/mol. The summed E-state index contributed by atoms with van der Waals surface area (Å²) in [4.78, 5) is 22.8. The van der Waals surface area contributed by atoms with Crippen LogP contribution in [0.3, 0.4) is 0 Å². The van der Waals surface area contributed by atoms with Crippen molar-refractivity contribution in [3.05, 3.63) is 40.3 Å². The first-order valence-corrected chi connectivity index (χ1v) is 8.58. The molecular weight excluding hydrogens is 338 g/mol. The molecule has 1 aliphatic heterocycles. The summed E-state index contributed by atoms with van der Waals surface area (Å²) in [7, 11) is 0. The van der Waals surface area contributed by atoms with Crippen molar-refractivity contribution in [2.75, 3.05) is 12.3 Å². The average Bonchev–Trinajstić information content (AvgIpc) is 3.45. The number of hydrogen-bond donors (Lipinski definition) is 1. The Morgan fingerprint density at radius 1 is 1.44 bits per heavy atom. The number of nitrogens with two attached hydrogens (primary N) is 1. The molecule has 2 aliphatic rings. The lowest BCUT2D eigenvalue weighted by Crippen LogP contribution is -2.37. The fourth-order valence-corrected chi connectivity index (χ4v) is 3.56. The Hall–Kier alpha value is -2.65. The normalized spacial score (nSPS) is 16.2. The Kier molecular flexibility index (Phi) is 3.81. The molecule has 0 spiro atoms. The molecule has 2 aromatic heterocycles. The number of nitrogens with zero attached hydrogens (tertiary/aromatic N) is 4. The van der Waals surface area contributed by atoms with Crippen molar-refractivity contribution in [1.82, 2.24) is 14.9 Å². The second-order valence-corrected chi connectivity index (χ2v) is 6.83. The van der Waals surface area contributed by atoms with Gasteiger partial charge in [-0.25, -0.2) is 4.98 Å². The zero-order valence-electron chi connectivity index (χ0n) is 13.5. The quantitative estimate of drug-likeness (QED) is 0.895. The first-order valence-electron chi connectivity index (χ1n) is 8.20. The third-order valence-corrected chi connectivity index (χ3v) is 5.07. The zero-order chi connectivity index (χ0) is 17.6. The van der Waals surface area contributed by atoms with E-state index >= 15 is 0 Å². The van der Waals surface area contributed by atoms with Gasteiger partial charge in [-0.3, -0.25) is 9.78 Å². The van der Waals surface area contributed by atoms with Gasteiger partial charge in [-0.15, -0.1) is 0 Å². The third-order valence-electron chi connectivity index (χ3n) is 4.77. The highest BCUT2D eigenvalue weighted by Gasteiger charge is 2.36. The van der Waals surface area contributed by atoms with Crippen LogP contribution in [0, 0.1) is 17.2 Å². The number of aromatic nitrogens is 2. The number of anilines is 1. The fraction of sp³-hybridized carbons (Fsp3) is 0.333. The highest BCUT2D eigenvalue weighted by Crippen LogP contribution is 2.39. The molecule has 1 saturated carbocycles. The highest BCUT2D eigenvalue weighted by molar-refractivity contribution is 6.33. The van der Waals surface area contributed by atoms with E-state index in [1.54, 1.807) is 12.3 Å². The number of fused-ring (bicyclic) bond motifs is 1. The molecule has 0 unspecified atom stereocenters. The number of carbonyl (C=O) groups is 1. The van der Waals surface area contributed by atoms with E-state index in [-0.39, 0.29) is 17.6 Å². The van der Waals surface area contributed by atoms with Crippen molar-refractivity contribution in [1.29, 1.82) is 5.26 Å². The third kappa shape index (κ3) is 2.71. The second kappa shape index (κ2) is 6.01. The van der Waals surface area contributed by atoms with E-state index < -0.39 is 0 Å². The minimum Gasteiger partial charge on any atom is -0.383 e. The lowest BCUT2D eigenvalue weighted by molar-refractivity contribution is -0.133. The molecule has 25 heavy (non-hydrogen) atoms. The van der Waals surface area contributed by atoms with E-state index in [0.29, 0.717) is 41.2 Å². The molecule has 0 radical (unpaired) electrons. The summed E-state index contributed by atoms with van der Waals surface area (Å²) in [6.07, 6.45) is 5.72. The van der Waals surface area contributed by atoms with Gasteiger partial charge in [-0.1, -0.05) is 11.6 Å². The second-order valence-electron chi connectivity index (χ2n) is 6.42. The van der Waals surface area contributed by atoms with Crippen LogP contribution in [0.2, 0.25) is 5.02 Å². The summed E-state index contributed by atoms with van der Waals surface area (Å²) in [5.74, 6) is 0.547. The van der Waals surface area contributed by atoms with Crippen molar-refractivity contribution in [3.63, 3.8) is 0 Å². The van der Waals surface area contributed by atoms with Gasteiger partial charge in [-0.2, -0.15) is 5.26 Å². The average molecular weight is 354 g/mol. The Balaban J connectivity index is 1.88. The van der Waals surface area contributed by atoms with E-state index in [1.165, 1.54) is 6.20 Å². The number of nitrogen functional groups attached to an aromatic ring is 1. The van der Waals surface area contributed by atoms with Crippen LogP contribution in [0.25, 0.3) is 11.1 Å².